The Morgan fingerprint density at radius 1 is 0.947 bits per heavy atom. The molecule has 0 atom stereocenters. The minimum Gasteiger partial charge on any atom is -0.457 e. The van der Waals surface area contributed by atoms with Crippen LogP contribution in [0.4, 0.5) is 11.5 Å². The molecule has 0 saturated carbocycles. The number of aryl methyl sites for hydroxylation is 1. The molecule has 0 radical (unpaired) electrons. The number of nitrogens with one attached hydrogen (secondary N) is 3. The van der Waals surface area contributed by atoms with Gasteiger partial charge in [-0.3, -0.25) is 4.57 Å². The van der Waals surface area contributed by atoms with Gasteiger partial charge in [-0.05, 0) is 74.1 Å². The summed E-state index contributed by atoms with van der Waals surface area (Å²) in [5.74, 6) is 1.85. The SMILES string of the molecule is C=CNc1c(C(C)=N)n(-c2ccc(Oc3ccccc3)cc2)c(=O)n1-c1ccc(C)c(NC)c1.CCCC. The van der Waals surface area contributed by atoms with Crippen molar-refractivity contribution in [2.24, 2.45) is 0 Å². The van der Waals surface area contributed by atoms with Gasteiger partial charge in [0.15, 0.2) is 0 Å². The Bertz CT molecular complexity index is 1430. The lowest BCUT2D eigenvalue weighted by Gasteiger charge is -2.12. The van der Waals surface area contributed by atoms with Crippen LogP contribution in [0.1, 0.15) is 44.9 Å². The van der Waals surface area contributed by atoms with E-state index in [1.54, 1.807) is 23.6 Å². The number of aromatic nitrogens is 2. The van der Waals surface area contributed by atoms with Crippen molar-refractivity contribution in [2.75, 3.05) is 17.7 Å². The molecule has 3 N–H and O–H groups in total. The van der Waals surface area contributed by atoms with Gasteiger partial charge in [-0.1, -0.05) is 57.5 Å². The van der Waals surface area contributed by atoms with E-state index in [0.29, 0.717) is 28.6 Å². The van der Waals surface area contributed by atoms with Gasteiger partial charge in [0.1, 0.15) is 23.0 Å². The van der Waals surface area contributed by atoms with Crippen molar-refractivity contribution in [1.29, 1.82) is 5.41 Å². The van der Waals surface area contributed by atoms with Crippen molar-refractivity contribution >= 4 is 17.2 Å². The van der Waals surface area contributed by atoms with Gasteiger partial charge in [-0.2, -0.15) is 0 Å². The van der Waals surface area contributed by atoms with Gasteiger partial charge in [0.2, 0.25) is 0 Å². The van der Waals surface area contributed by atoms with Crippen LogP contribution in [0, 0.1) is 12.3 Å². The number of nitrogens with zero attached hydrogens (tertiary/aromatic N) is 2. The van der Waals surface area contributed by atoms with E-state index in [1.165, 1.54) is 23.6 Å². The summed E-state index contributed by atoms with van der Waals surface area (Å²) in [4.78, 5) is 13.8. The maximum Gasteiger partial charge on any atom is 0.339 e. The smallest absolute Gasteiger partial charge is 0.339 e. The topological polar surface area (TPSA) is 84.1 Å². The van der Waals surface area contributed by atoms with Gasteiger partial charge in [0.05, 0.1) is 17.1 Å². The maximum absolute atomic E-state index is 13.8. The number of para-hydroxylation sites is 1. The maximum atomic E-state index is 13.8. The third-order valence-electron chi connectivity index (χ3n) is 5.97. The third kappa shape index (κ3) is 6.24. The molecule has 0 amide bonds. The first kappa shape index (κ1) is 28.1. The van der Waals surface area contributed by atoms with E-state index in [1.807, 2.05) is 74.6 Å². The van der Waals surface area contributed by atoms with Gasteiger partial charge in [0.25, 0.3) is 0 Å². The Morgan fingerprint density at radius 3 is 2.11 bits per heavy atom. The minimum absolute atomic E-state index is 0.241. The van der Waals surface area contributed by atoms with Crippen LogP contribution in [-0.4, -0.2) is 21.9 Å². The highest BCUT2D eigenvalue weighted by Gasteiger charge is 2.23. The van der Waals surface area contributed by atoms with Crippen LogP contribution in [-0.2, 0) is 0 Å². The Balaban J connectivity index is 0.000000934. The number of benzene rings is 3. The number of imidazole rings is 1. The van der Waals surface area contributed by atoms with Crippen LogP contribution in [0.3, 0.4) is 0 Å². The largest absolute Gasteiger partial charge is 0.457 e. The van der Waals surface area contributed by atoms with Gasteiger partial charge >= 0.3 is 5.69 Å². The second-order valence-corrected chi connectivity index (χ2v) is 8.78. The summed E-state index contributed by atoms with van der Waals surface area (Å²) in [7, 11) is 1.84. The van der Waals surface area contributed by atoms with Gasteiger partial charge in [0, 0.05) is 12.7 Å². The van der Waals surface area contributed by atoms with Crippen LogP contribution in [0.5, 0.6) is 11.5 Å². The summed E-state index contributed by atoms with van der Waals surface area (Å²) in [6.45, 7) is 11.8. The first-order chi connectivity index (χ1) is 18.4. The van der Waals surface area contributed by atoms with E-state index < -0.39 is 0 Å². The molecule has 0 bridgehead atoms. The van der Waals surface area contributed by atoms with Crippen molar-refractivity contribution < 1.29 is 4.74 Å². The van der Waals surface area contributed by atoms with Crippen molar-refractivity contribution in [1.82, 2.24) is 9.13 Å². The molecule has 0 unspecified atom stereocenters. The van der Waals surface area contributed by atoms with E-state index >= 15 is 0 Å². The Kier molecular flexibility index (Phi) is 9.71. The molecule has 0 saturated heterocycles. The number of hydrogen-bond donors (Lipinski definition) is 3. The molecule has 198 valence electrons. The molecule has 1 heterocycles. The molecule has 4 aromatic rings. The molecule has 0 fully saturated rings. The molecular weight excluding hydrogens is 474 g/mol. The van der Waals surface area contributed by atoms with Crippen molar-refractivity contribution in [3.05, 3.63) is 107 Å². The third-order valence-corrected chi connectivity index (χ3v) is 5.97. The lowest BCUT2D eigenvalue weighted by molar-refractivity contribution is 0.482. The highest BCUT2D eigenvalue weighted by molar-refractivity contribution is 6.00. The molecule has 38 heavy (non-hydrogen) atoms. The summed E-state index contributed by atoms with van der Waals surface area (Å²) >= 11 is 0. The molecule has 0 spiro atoms. The second-order valence-electron chi connectivity index (χ2n) is 8.78. The first-order valence-electron chi connectivity index (χ1n) is 12.8. The van der Waals surface area contributed by atoms with Gasteiger partial charge < -0.3 is 20.8 Å². The zero-order valence-electron chi connectivity index (χ0n) is 22.8. The molecule has 4 rings (SSSR count). The first-order valence-corrected chi connectivity index (χ1v) is 12.8. The summed E-state index contributed by atoms with van der Waals surface area (Å²) in [6.07, 6.45) is 4.14. The molecule has 0 aliphatic heterocycles. The number of rotatable bonds is 9. The van der Waals surface area contributed by atoms with E-state index in [9.17, 15) is 4.79 Å². The predicted octanol–water partition coefficient (Wildman–Crippen LogP) is 7.52. The van der Waals surface area contributed by atoms with Gasteiger partial charge in [-0.15, -0.1) is 0 Å². The number of ether oxygens (including phenoxy) is 1. The molecule has 7 heteroatoms. The average molecular weight is 512 g/mol. The lowest BCUT2D eigenvalue weighted by Crippen LogP contribution is -2.23. The van der Waals surface area contributed by atoms with Crippen molar-refractivity contribution in [2.45, 2.75) is 40.5 Å². The van der Waals surface area contributed by atoms with Crippen LogP contribution in [0.15, 0.2) is 90.4 Å². The summed E-state index contributed by atoms with van der Waals surface area (Å²) in [5.41, 5.74) is 3.67. The molecule has 0 aliphatic carbocycles. The highest BCUT2D eigenvalue weighted by Crippen LogP contribution is 2.28. The summed E-state index contributed by atoms with van der Waals surface area (Å²) < 4.78 is 8.97. The van der Waals surface area contributed by atoms with Crippen LogP contribution >= 0.6 is 0 Å². The van der Waals surface area contributed by atoms with E-state index in [4.69, 9.17) is 10.1 Å². The second kappa shape index (κ2) is 13.1. The Morgan fingerprint density at radius 2 is 1.55 bits per heavy atom. The number of anilines is 2. The zero-order chi connectivity index (χ0) is 27.7. The molecule has 0 aliphatic rings. The number of hydrogen-bond acceptors (Lipinski definition) is 5. The standard InChI is InChI=1S/C27H27N5O2.C4H10/c1-5-30-26-25(19(3)28)31(27(33)32(26)21-12-11-18(2)24(17-21)29-4)20-13-15-23(16-14-20)34-22-9-7-6-8-10-22;1-3-4-2/h5-17,28-30H,1H2,2-4H3;3-4H2,1-2H3. The van der Waals surface area contributed by atoms with E-state index in [2.05, 4.69) is 31.1 Å². The van der Waals surface area contributed by atoms with E-state index in [0.717, 1.165) is 17.0 Å². The Hall–Kier alpha value is -4.52. The molecule has 7 nitrogen and oxygen atoms in total. The minimum atomic E-state index is -0.298. The lowest BCUT2D eigenvalue weighted by atomic mass is 10.2. The zero-order valence-corrected chi connectivity index (χ0v) is 22.8. The average Bonchev–Trinajstić information content (AvgIpc) is 3.22. The summed E-state index contributed by atoms with van der Waals surface area (Å²) in [5, 5.41) is 14.7. The molecule has 1 aromatic heterocycles. The highest BCUT2D eigenvalue weighted by atomic mass is 16.5. The molecular formula is C31H37N5O2. The fraction of sp³-hybridized carbons (Fsp3) is 0.226. The summed E-state index contributed by atoms with van der Waals surface area (Å²) in [6, 6.07) is 22.5. The normalized spacial score (nSPS) is 10.2. The van der Waals surface area contributed by atoms with Gasteiger partial charge in [-0.25, -0.2) is 9.36 Å². The fourth-order valence-corrected chi connectivity index (χ4v) is 3.86. The Labute approximate surface area is 224 Å². The van der Waals surface area contributed by atoms with Crippen LogP contribution < -0.4 is 21.1 Å². The predicted molar refractivity (Wildman–Crippen MR) is 159 cm³/mol. The van der Waals surface area contributed by atoms with Crippen molar-refractivity contribution in [3.8, 4) is 22.9 Å². The van der Waals surface area contributed by atoms with Crippen LogP contribution in [0.25, 0.3) is 11.4 Å². The quantitative estimate of drug-likeness (QED) is 0.203. The van der Waals surface area contributed by atoms with Crippen molar-refractivity contribution in [3.63, 3.8) is 0 Å². The number of unbranched alkanes of at least 4 members (excludes halogenated alkanes) is 1. The monoisotopic (exact) mass is 511 g/mol. The van der Waals surface area contributed by atoms with E-state index in [-0.39, 0.29) is 11.4 Å². The molecule has 3 aromatic carbocycles. The van der Waals surface area contributed by atoms with Crippen LogP contribution in [0.2, 0.25) is 0 Å². The fourth-order valence-electron chi connectivity index (χ4n) is 3.86.